The molecule has 0 heterocycles. The maximum atomic E-state index is 12.0. The number of hydrogen-bond donors (Lipinski definition) is 0. The van der Waals surface area contributed by atoms with Crippen LogP contribution < -0.4 is 0 Å². The molecule has 1 fully saturated rings. The Morgan fingerprint density at radius 2 is 1.88 bits per heavy atom. The van der Waals surface area contributed by atoms with Crippen molar-refractivity contribution in [2.24, 2.45) is 5.41 Å². The van der Waals surface area contributed by atoms with Gasteiger partial charge in [-0.05, 0) is 37.8 Å². The Balaban J connectivity index is 2.38. The maximum Gasteiger partial charge on any atom is 0.140 e. The predicted molar refractivity (Wildman–Crippen MR) is 71.3 cm³/mol. The summed E-state index contributed by atoms with van der Waals surface area (Å²) < 4.78 is 0. The molecule has 92 valence electrons. The highest BCUT2D eigenvalue weighted by atomic mass is 16.1. The van der Waals surface area contributed by atoms with Crippen molar-refractivity contribution in [1.82, 2.24) is 0 Å². The van der Waals surface area contributed by atoms with Crippen LogP contribution in [0.2, 0.25) is 0 Å². The second-order valence-corrected chi connectivity index (χ2v) is 5.40. The third kappa shape index (κ3) is 1.72. The van der Waals surface area contributed by atoms with Gasteiger partial charge >= 0.3 is 0 Å². The van der Waals surface area contributed by atoms with Crippen LogP contribution in [-0.2, 0) is 4.79 Å². The summed E-state index contributed by atoms with van der Waals surface area (Å²) in [5.41, 5.74) is 3.96. The zero-order valence-electron chi connectivity index (χ0n) is 11.3. The van der Waals surface area contributed by atoms with Gasteiger partial charge in [-0.15, -0.1) is 0 Å². The highest BCUT2D eigenvalue weighted by molar-refractivity contribution is 5.93. The summed E-state index contributed by atoms with van der Waals surface area (Å²) in [6.45, 7) is 8.59. The minimum atomic E-state index is -0.0694. The topological polar surface area (TPSA) is 17.1 Å². The lowest BCUT2D eigenvalue weighted by atomic mass is 9.54. The van der Waals surface area contributed by atoms with Crippen LogP contribution in [0.4, 0.5) is 0 Å². The van der Waals surface area contributed by atoms with E-state index < -0.39 is 0 Å². The van der Waals surface area contributed by atoms with E-state index in [-0.39, 0.29) is 5.41 Å². The number of carbonyl (C=O) groups is 1. The van der Waals surface area contributed by atoms with Gasteiger partial charge in [0.25, 0.3) is 0 Å². The fourth-order valence-electron chi connectivity index (χ4n) is 3.41. The fraction of sp³-hybridized carbons (Fsp3) is 0.562. The highest BCUT2D eigenvalue weighted by Gasteiger charge is 2.52. The second-order valence-electron chi connectivity index (χ2n) is 5.40. The van der Waals surface area contributed by atoms with Crippen LogP contribution in [0.25, 0.3) is 0 Å². The van der Waals surface area contributed by atoms with Gasteiger partial charge in [-0.1, -0.05) is 37.6 Å². The first-order chi connectivity index (χ1) is 8.05. The Hall–Kier alpha value is -1.11. The molecule has 0 amide bonds. The Kier molecular flexibility index (Phi) is 3.11. The molecule has 0 saturated heterocycles. The third-order valence-electron chi connectivity index (χ3n) is 4.67. The number of rotatable bonds is 3. The van der Waals surface area contributed by atoms with Gasteiger partial charge in [-0.2, -0.15) is 0 Å². The molecule has 1 unspecified atom stereocenters. The van der Waals surface area contributed by atoms with Gasteiger partial charge < -0.3 is 0 Å². The van der Waals surface area contributed by atoms with Crippen molar-refractivity contribution >= 4 is 5.78 Å². The number of hydrogen-bond acceptors (Lipinski definition) is 1. The molecule has 1 aliphatic rings. The number of benzene rings is 1. The van der Waals surface area contributed by atoms with E-state index in [1.807, 2.05) is 0 Å². The molecule has 1 heteroatoms. The Morgan fingerprint density at radius 3 is 2.35 bits per heavy atom. The van der Waals surface area contributed by atoms with Crippen LogP contribution in [-0.4, -0.2) is 5.78 Å². The van der Waals surface area contributed by atoms with E-state index in [0.29, 0.717) is 11.7 Å². The SMILES string of the molecule is CCC1(CC)C(=O)CC1c1ccc(C)cc1C. The van der Waals surface area contributed by atoms with E-state index in [1.165, 1.54) is 16.7 Å². The van der Waals surface area contributed by atoms with Gasteiger partial charge in [0.05, 0.1) is 0 Å². The summed E-state index contributed by atoms with van der Waals surface area (Å²) in [6, 6.07) is 6.62. The molecule has 2 rings (SSSR count). The van der Waals surface area contributed by atoms with Crippen LogP contribution >= 0.6 is 0 Å². The van der Waals surface area contributed by atoms with Gasteiger partial charge in [0.2, 0.25) is 0 Å². The van der Waals surface area contributed by atoms with E-state index in [9.17, 15) is 4.79 Å². The van der Waals surface area contributed by atoms with Crippen molar-refractivity contribution in [3.8, 4) is 0 Å². The van der Waals surface area contributed by atoms with Gasteiger partial charge in [-0.25, -0.2) is 0 Å². The van der Waals surface area contributed by atoms with Crippen LogP contribution in [0.5, 0.6) is 0 Å². The standard InChI is InChI=1S/C16H22O/c1-5-16(6-2)14(10-15(16)17)13-8-7-11(3)9-12(13)4/h7-9,14H,5-6,10H2,1-4H3. The number of ketones is 1. The molecule has 0 aromatic heterocycles. The van der Waals surface area contributed by atoms with Gasteiger partial charge in [0.15, 0.2) is 0 Å². The van der Waals surface area contributed by atoms with E-state index in [4.69, 9.17) is 0 Å². The first kappa shape index (κ1) is 12.3. The zero-order valence-corrected chi connectivity index (χ0v) is 11.3. The molecular formula is C16H22O. The molecule has 1 aromatic carbocycles. The summed E-state index contributed by atoms with van der Waals surface area (Å²) in [4.78, 5) is 12.0. The van der Waals surface area contributed by atoms with Crippen LogP contribution in [0.3, 0.4) is 0 Å². The molecule has 0 N–H and O–H groups in total. The monoisotopic (exact) mass is 230 g/mol. The first-order valence-electron chi connectivity index (χ1n) is 6.65. The number of aryl methyl sites for hydroxylation is 2. The van der Waals surface area contributed by atoms with Crippen molar-refractivity contribution in [2.45, 2.75) is 52.9 Å². The Morgan fingerprint density at radius 1 is 1.24 bits per heavy atom. The van der Waals surface area contributed by atoms with Crippen molar-refractivity contribution in [3.05, 3.63) is 34.9 Å². The molecule has 1 aromatic rings. The van der Waals surface area contributed by atoms with Gasteiger partial charge in [0, 0.05) is 17.8 Å². The van der Waals surface area contributed by atoms with Crippen molar-refractivity contribution < 1.29 is 4.79 Å². The molecule has 17 heavy (non-hydrogen) atoms. The summed E-state index contributed by atoms with van der Waals surface area (Å²) in [6.07, 6.45) is 2.69. The van der Waals surface area contributed by atoms with E-state index in [0.717, 1.165) is 19.3 Å². The minimum absolute atomic E-state index is 0.0694. The minimum Gasteiger partial charge on any atom is -0.299 e. The summed E-state index contributed by atoms with van der Waals surface area (Å²) >= 11 is 0. The molecule has 1 aliphatic carbocycles. The quantitative estimate of drug-likeness (QED) is 0.761. The van der Waals surface area contributed by atoms with Gasteiger partial charge in [-0.3, -0.25) is 4.79 Å². The van der Waals surface area contributed by atoms with Crippen molar-refractivity contribution in [1.29, 1.82) is 0 Å². The van der Waals surface area contributed by atoms with Crippen molar-refractivity contribution in [2.75, 3.05) is 0 Å². The normalized spacial score (nSPS) is 22.4. The zero-order chi connectivity index (χ0) is 12.6. The highest BCUT2D eigenvalue weighted by Crippen LogP contribution is 2.54. The van der Waals surface area contributed by atoms with Crippen molar-refractivity contribution in [3.63, 3.8) is 0 Å². The average Bonchev–Trinajstić information content (AvgIpc) is 2.29. The second kappa shape index (κ2) is 4.29. The van der Waals surface area contributed by atoms with E-state index in [1.54, 1.807) is 0 Å². The molecule has 0 aliphatic heterocycles. The predicted octanol–water partition coefficient (Wildman–Crippen LogP) is 4.17. The van der Waals surface area contributed by atoms with E-state index >= 15 is 0 Å². The van der Waals surface area contributed by atoms with E-state index in [2.05, 4.69) is 45.9 Å². The average molecular weight is 230 g/mol. The molecular weight excluding hydrogens is 208 g/mol. The largest absolute Gasteiger partial charge is 0.299 e. The van der Waals surface area contributed by atoms with Crippen LogP contribution in [0, 0.1) is 19.3 Å². The lowest BCUT2D eigenvalue weighted by Gasteiger charge is -2.48. The van der Waals surface area contributed by atoms with Gasteiger partial charge in [0.1, 0.15) is 5.78 Å². The molecule has 1 saturated carbocycles. The van der Waals surface area contributed by atoms with Crippen LogP contribution in [0.1, 0.15) is 55.7 Å². The fourth-order valence-corrected chi connectivity index (χ4v) is 3.41. The smallest absolute Gasteiger partial charge is 0.140 e. The maximum absolute atomic E-state index is 12.0. The number of Topliss-reactive ketones (excluding diaryl/α,β-unsaturated/α-hetero) is 1. The first-order valence-corrected chi connectivity index (χ1v) is 6.65. The lowest BCUT2D eigenvalue weighted by Crippen LogP contribution is -2.47. The molecule has 0 spiro atoms. The summed E-state index contributed by atoms with van der Waals surface area (Å²) in [7, 11) is 0. The summed E-state index contributed by atoms with van der Waals surface area (Å²) in [5.74, 6) is 0.915. The molecule has 1 atom stereocenters. The lowest BCUT2D eigenvalue weighted by molar-refractivity contribution is -0.141. The third-order valence-corrected chi connectivity index (χ3v) is 4.67. The van der Waals surface area contributed by atoms with Crippen LogP contribution in [0.15, 0.2) is 18.2 Å². The number of carbonyl (C=O) groups excluding carboxylic acids is 1. The Labute approximate surface area is 104 Å². The molecule has 1 nitrogen and oxygen atoms in total. The molecule has 0 bridgehead atoms. The Bertz CT molecular complexity index is 441. The molecule has 0 radical (unpaired) electrons. The summed E-state index contributed by atoms with van der Waals surface area (Å²) in [5, 5.41) is 0.